The maximum absolute atomic E-state index is 5.67. The van der Waals surface area contributed by atoms with Gasteiger partial charge < -0.3 is 14.3 Å². The molecule has 0 aliphatic heterocycles. The van der Waals surface area contributed by atoms with Crippen LogP contribution in [0.2, 0.25) is 0 Å². The molecular formula is C12H18BrNO3. The summed E-state index contributed by atoms with van der Waals surface area (Å²) in [5.74, 6) is 1.45. The highest BCUT2D eigenvalue weighted by atomic mass is 79.9. The molecule has 5 heteroatoms. The van der Waals surface area contributed by atoms with Gasteiger partial charge in [-0.1, -0.05) is 15.9 Å². The van der Waals surface area contributed by atoms with Gasteiger partial charge in [0, 0.05) is 11.0 Å². The van der Waals surface area contributed by atoms with E-state index < -0.39 is 0 Å². The maximum Gasteiger partial charge on any atom is 0.162 e. The largest absolute Gasteiger partial charge is 0.493 e. The fourth-order valence-corrected chi connectivity index (χ4v) is 1.83. The van der Waals surface area contributed by atoms with E-state index >= 15 is 0 Å². The van der Waals surface area contributed by atoms with Gasteiger partial charge in [-0.3, -0.25) is 0 Å². The second-order valence-electron chi connectivity index (χ2n) is 3.79. The first-order chi connectivity index (χ1) is 8.08. The molecule has 17 heavy (non-hydrogen) atoms. The first kappa shape index (κ1) is 14.3. The van der Waals surface area contributed by atoms with Gasteiger partial charge in [-0.05, 0) is 31.5 Å². The summed E-state index contributed by atoms with van der Waals surface area (Å²) in [7, 11) is 3.21. The van der Waals surface area contributed by atoms with Gasteiger partial charge in [-0.25, -0.2) is 0 Å². The van der Waals surface area contributed by atoms with Gasteiger partial charge in [-0.2, -0.15) is 5.48 Å². The molecule has 0 radical (unpaired) electrons. The Balaban J connectivity index is 2.97. The Morgan fingerprint density at radius 3 is 2.47 bits per heavy atom. The van der Waals surface area contributed by atoms with E-state index in [1.54, 1.807) is 14.2 Å². The summed E-state index contributed by atoms with van der Waals surface area (Å²) in [6, 6.07) is 3.83. The van der Waals surface area contributed by atoms with Crippen LogP contribution in [0.25, 0.3) is 0 Å². The summed E-state index contributed by atoms with van der Waals surface area (Å²) in [6.45, 7) is 4.55. The molecule has 0 fully saturated rings. The molecule has 1 rings (SSSR count). The zero-order chi connectivity index (χ0) is 12.8. The van der Waals surface area contributed by atoms with Crippen molar-refractivity contribution in [3.63, 3.8) is 0 Å². The number of ether oxygens (including phenoxy) is 2. The Hall–Kier alpha value is -0.780. The average Bonchev–Trinajstić information content (AvgIpc) is 2.27. The van der Waals surface area contributed by atoms with Gasteiger partial charge in [0.1, 0.15) is 0 Å². The van der Waals surface area contributed by atoms with Crippen molar-refractivity contribution >= 4 is 15.9 Å². The number of nitrogens with one attached hydrogen (secondary N) is 1. The second kappa shape index (κ2) is 6.83. The minimum absolute atomic E-state index is 0.110. The van der Waals surface area contributed by atoms with E-state index in [2.05, 4.69) is 21.4 Å². The van der Waals surface area contributed by atoms with E-state index in [9.17, 15) is 0 Å². The highest BCUT2D eigenvalue weighted by Crippen LogP contribution is 2.34. The van der Waals surface area contributed by atoms with Gasteiger partial charge in [0.25, 0.3) is 0 Å². The normalized spacial score (nSPS) is 10.7. The van der Waals surface area contributed by atoms with Crippen LogP contribution in [0.3, 0.4) is 0 Å². The van der Waals surface area contributed by atoms with E-state index in [4.69, 9.17) is 14.3 Å². The Kier molecular flexibility index (Phi) is 5.74. The third-order valence-corrected chi connectivity index (χ3v) is 2.84. The molecule has 96 valence electrons. The quantitative estimate of drug-likeness (QED) is 0.820. The molecule has 1 aromatic carbocycles. The summed E-state index contributed by atoms with van der Waals surface area (Å²) in [6.07, 6.45) is 0.110. The fraction of sp³-hybridized carbons (Fsp3) is 0.500. The van der Waals surface area contributed by atoms with Gasteiger partial charge in [0.05, 0.1) is 20.3 Å². The van der Waals surface area contributed by atoms with Gasteiger partial charge in [-0.15, -0.1) is 0 Å². The first-order valence-corrected chi connectivity index (χ1v) is 6.16. The molecule has 0 bridgehead atoms. The van der Waals surface area contributed by atoms with Crippen molar-refractivity contribution in [1.82, 2.24) is 5.48 Å². The molecule has 0 atom stereocenters. The molecule has 0 aliphatic rings. The maximum atomic E-state index is 5.67. The lowest BCUT2D eigenvalue weighted by atomic mass is 10.2. The fourth-order valence-electron chi connectivity index (χ4n) is 1.37. The van der Waals surface area contributed by atoms with Crippen LogP contribution in [-0.4, -0.2) is 20.3 Å². The van der Waals surface area contributed by atoms with E-state index in [-0.39, 0.29) is 6.10 Å². The highest BCUT2D eigenvalue weighted by molar-refractivity contribution is 9.10. The van der Waals surface area contributed by atoms with E-state index in [0.717, 1.165) is 21.5 Å². The van der Waals surface area contributed by atoms with E-state index in [1.165, 1.54) is 0 Å². The van der Waals surface area contributed by atoms with Crippen LogP contribution in [0.5, 0.6) is 11.5 Å². The molecule has 0 aromatic heterocycles. The number of hydrogen-bond acceptors (Lipinski definition) is 4. The monoisotopic (exact) mass is 303 g/mol. The van der Waals surface area contributed by atoms with Crippen molar-refractivity contribution in [2.45, 2.75) is 26.5 Å². The third-order valence-electron chi connectivity index (χ3n) is 2.10. The zero-order valence-corrected chi connectivity index (χ0v) is 12.1. The number of methoxy groups -OCH3 is 1. The smallest absolute Gasteiger partial charge is 0.162 e. The van der Waals surface area contributed by atoms with Crippen molar-refractivity contribution in [1.29, 1.82) is 0 Å². The lowest BCUT2D eigenvalue weighted by Gasteiger charge is -2.16. The molecule has 1 N–H and O–H groups in total. The lowest BCUT2D eigenvalue weighted by molar-refractivity contribution is 0.0865. The van der Waals surface area contributed by atoms with Crippen molar-refractivity contribution in [3.8, 4) is 11.5 Å². The Morgan fingerprint density at radius 2 is 1.94 bits per heavy atom. The predicted molar refractivity (Wildman–Crippen MR) is 70.3 cm³/mol. The molecule has 1 aromatic rings. The Bertz CT molecular complexity index is 369. The summed E-state index contributed by atoms with van der Waals surface area (Å²) in [5, 5.41) is 0. The second-order valence-corrected chi connectivity index (χ2v) is 4.64. The Labute approximate surface area is 110 Å². The summed E-state index contributed by atoms with van der Waals surface area (Å²) in [4.78, 5) is 4.83. The predicted octanol–water partition coefficient (Wildman–Crippen LogP) is 2.90. The summed E-state index contributed by atoms with van der Waals surface area (Å²) in [5.41, 5.74) is 3.83. The third kappa shape index (κ3) is 4.18. The van der Waals surface area contributed by atoms with Crippen molar-refractivity contribution in [3.05, 3.63) is 22.2 Å². The van der Waals surface area contributed by atoms with Crippen molar-refractivity contribution < 1.29 is 14.3 Å². The van der Waals surface area contributed by atoms with Gasteiger partial charge in [0.2, 0.25) is 0 Å². The molecule has 0 aliphatic carbocycles. The standard InChI is InChI=1S/C12H18BrNO3/c1-8(2)17-12-6-10(13)9(7-14-16-4)5-11(12)15-3/h5-6,8,14H,7H2,1-4H3. The first-order valence-electron chi connectivity index (χ1n) is 5.37. The summed E-state index contributed by atoms with van der Waals surface area (Å²) >= 11 is 3.50. The van der Waals surface area contributed by atoms with Crippen LogP contribution < -0.4 is 15.0 Å². The number of hydrogen-bond donors (Lipinski definition) is 1. The minimum Gasteiger partial charge on any atom is -0.493 e. The topological polar surface area (TPSA) is 39.7 Å². The molecular weight excluding hydrogens is 286 g/mol. The van der Waals surface area contributed by atoms with E-state index in [0.29, 0.717) is 6.54 Å². The molecule has 0 saturated carbocycles. The Morgan fingerprint density at radius 1 is 1.24 bits per heavy atom. The number of halogens is 1. The van der Waals surface area contributed by atoms with Gasteiger partial charge in [0.15, 0.2) is 11.5 Å². The van der Waals surface area contributed by atoms with Crippen LogP contribution in [0.4, 0.5) is 0 Å². The van der Waals surface area contributed by atoms with Crippen LogP contribution in [0, 0.1) is 0 Å². The van der Waals surface area contributed by atoms with Crippen LogP contribution in [0.15, 0.2) is 16.6 Å². The number of hydroxylamine groups is 1. The molecule has 0 amide bonds. The van der Waals surface area contributed by atoms with E-state index in [1.807, 2.05) is 26.0 Å². The number of rotatable bonds is 6. The summed E-state index contributed by atoms with van der Waals surface area (Å²) < 4.78 is 11.9. The van der Waals surface area contributed by atoms with Crippen molar-refractivity contribution in [2.75, 3.05) is 14.2 Å². The lowest BCUT2D eigenvalue weighted by Crippen LogP contribution is -2.12. The SMILES string of the molecule is CONCc1cc(OC)c(OC(C)C)cc1Br. The average molecular weight is 304 g/mol. The van der Waals surface area contributed by atoms with Crippen LogP contribution in [0.1, 0.15) is 19.4 Å². The van der Waals surface area contributed by atoms with Crippen molar-refractivity contribution in [2.24, 2.45) is 0 Å². The molecule has 0 spiro atoms. The molecule has 0 heterocycles. The molecule has 0 saturated heterocycles. The highest BCUT2D eigenvalue weighted by Gasteiger charge is 2.11. The van der Waals surface area contributed by atoms with Gasteiger partial charge >= 0.3 is 0 Å². The zero-order valence-electron chi connectivity index (χ0n) is 10.5. The molecule has 4 nitrogen and oxygen atoms in total. The minimum atomic E-state index is 0.110. The number of benzene rings is 1. The molecule has 0 unspecified atom stereocenters. The van der Waals surface area contributed by atoms with Crippen LogP contribution >= 0.6 is 15.9 Å². The van der Waals surface area contributed by atoms with Crippen LogP contribution in [-0.2, 0) is 11.4 Å².